The zero-order valence-electron chi connectivity index (χ0n) is 19.1. The fourth-order valence-electron chi connectivity index (χ4n) is 3.51. The summed E-state index contributed by atoms with van der Waals surface area (Å²) in [6, 6.07) is 11.8. The molecule has 0 aliphatic carbocycles. The normalized spacial score (nSPS) is 17.0. The lowest BCUT2D eigenvalue weighted by atomic mass is 10.1. The molecule has 2 aromatic rings. The van der Waals surface area contributed by atoms with Crippen molar-refractivity contribution in [2.45, 2.75) is 31.9 Å². The Hall–Kier alpha value is -3.00. The number of benzene rings is 2. The lowest BCUT2D eigenvalue weighted by Gasteiger charge is -2.17. The first kappa shape index (κ1) is 23.7. The van der Waals surface area contributed by atoms with Gasteiger partial charge in [-0.15, -0.1) is 0 Å². The molecular weight excluding hydrogens is 426 g/mol. The van der Waals surface area contributed by atoms with E-state index in [0.29, 0.717) is 29.6 Å². The average Bonchev–Trinajstić information content (AvgIpc) is 3.07. The van der Waals surface area contributed by atoms with Crippen LogP contribution in [-0.2, 0) is 16.0 Å². The molecule has 8 heteroatoms. The summed E-state index contributed by atoms with van der Waals surface area (Å²) in [6.45, 7) is 4.49. The summed E-state index contributed by atoms with van der Waals surface area (Å²) in [5.74, 6) is 1.05. The highest BCUT2D eigenvalue weighted by atomic mass is 32.2. The molecule has 0 bridgehead atoms. The zero-order chi connectivity index (χ0) is 23.3. The number of carbonyl (C=O) groups is 2. The van der Waals surface area contributed by atoms with Crippen molar-refractivity contribution in [3.63, 3.8) is 0 Å². The van der Waals surface area contributed by atoms with Gasteiger partial charge in [0.15, 0.2) is 16.7 Å². The summed E-state index contributed by atoms with van der Waals surface area (Å²) in [7, 11) is 4.77. The number of amides is 2. The van der Waals surface area contributed by atoms with Gasteiger partial charge in [0.2, 0.25) is 11.8 Å². The lowest BCUT2D eigenvalue weighted by molar-refractivity contribution is -0.129. The molecule has 1 atom stereocenters. The number of nitrogens with one attached hydrogen (secondary N) is 1. The Balaban J connectivity index is 1.86. The highest BCUT2D eigenvalue weighted by molar-refractivity contribution is 8.15. The lowest BCUT2D eigenvalue weighted by Crippen LogP contribution is -2.35. The molecule has 1 fully saturated rings. The van der Waals surface area contributed by atoms with Crippen LogP contribution < -0.4 is 14.8 Å². The van der Waals surface area contributed by atoms with Gasteiger partial charge in [-0.3, -0.25) is 14.5 Å². The number of aliphatic imine (C=N–C) groups is 1. The third-order valence-corrected chi connectivity index (χ3v) is 6.49. The van der Waals surface area contributed by atoms with E-state index >= 15 is 0 Å². The molecule has 32 heavy (non-hydrogen) atoms. The number of thioether (sulfide) groups is 1. The van der Waals surface area contributed by atoms with Crippen molar-refractivity contribution in [2.24, 2.45) is 4.99 Å². The maximum atomic E-state index is 13.1. The minimum Gasteiger partial charge on any atom is -0.493 e. The molecule has 1 unspecified atom stereocenters. The van der Waals surface area contributed by atoms with Crippen LogP contribution in [0.2, 0.25) is 0 Å². The van der Waals surface area contributed by atoms with E-state index in [1.165, 1.54) is 11.8 Å². The van der Waals surface area contributed by atoms with E-state index in [-0.39, 0.29) is 18.2 Å². The number of nitrogens with zero attached hydrogens (tertiary/aromatic N) is 2. The second kappa shape index (κ2) is 10.5. The molecule has 0 aromatic heterocycles. The predicted molar refractivity (Wildman–Crippen MR) is 128 cm³/mol. The van der Waals surface area contributed by atoms with E-state index in [4.69, 9.17) is 14.5 Å². The van der Waals surface area contributed by atoms with Gasteiger partial charge in [0.1, 0.15) is 5.25 Å². The third kappa shape index (κ3) is 5.43. The molecule has 1 heterocycles. The van der Waals surface area contributed by atoms with E-state index in [1.54, 1.807) is 26.2 Å². The SMILES string of the molecule is CNC(=O)CC1SC(=Nc2ccc(C)cc2C)N(CCc2ccc(OC)c(OC)c2)C1=O. The quantitative estimate of drug-likeness (QED) is 0.658. The number of carbonyl (C=O) groups excluding carboxylic acids is 2. The van der Waals surface area contributed by atoms with Crippen molar-refractivity contribution < 1.29 is 19.1 Å². The topological polar surface area (TPSA) is 80.2 Å². The first-order valence-corrected chi connectivity index (χ1v) is 11.3. The molecule has 0 saturated carbocycles. The molecule has 0 spiro atoms. The van der Waals surface area contributed by atoms with Crippen molar-refractivity contribution in [3.8, 4) is 11.5 Å². The highest BCUT2D eigenvalue weighted by Gasteiger charge is 2.38. The van der Waals surface area contributed by atoms with E-state index in [1.807, 2.05) is 44.2 Å². The second-order valence-corrected chi connectivity index (χ2v) is 8.77. The fourth-order valence-corrected chi connectivity index (χ4v) is 4.69. The van der Waals surface area contributed by atoms with Crippen LogP contribution in [0.4, 0.5) is 5.69 Å². The summed E-state index contributed by atoms with van der Waals surface area (Å²) < 4.78 is 10.7. The first-order valence-electron chi connectivity index (χ1n) is 10.4. The maximum Gasteiger partial charge on any atom is 0.242 e. The predicted octanol–water partition coefficient (Wildman–Crippen LogP) is 3.63. The summed E-state index contributed by atoms with van der Waals surface area (Å²) >= 11 is 1.35. The van der Waals surface area contributed by atoms with Gasteiger partial charge in [-0.05, 0) is 49.6 Å². The van der Waals surface area contributed by atoms with Crippen LogP contribution in [-0.4, -0.2) is 54.9 Å². The molecule has 1 aliphatic heterocycles. The molecule has 3 rings (SSSR count). The zero-order valence-corrected chi connectivity index (χ0v) is 19.9. The molecule has 1 N–H and O–H groups in total. The van der Waals surface area contributed by atoms with Crippen molar-refractivity contribution in [3.05, 3.63) is 53.1 Å². The van der Waals surface area contributed by atoms with Gasteiger partial charge in [-0.1, -0.05) is 35.5 Å². The van der Waals surface area contributed by atoms with Gasteiger partial charge in [0.05, 0.1) is 19.9 Å². The minimum atomic E-state index is -0.482. The Morgan fingerprint density at radius 2 is 1.88 bits per heavy atom. The Morgan fingerprint density at radius 1 is 1.12 bits per heavy atom. The monoisotopic (exact) mass is 455 g/mol. The van der Waals surface area contributed by atoms with E-state index in [2.05, 4.69) is 11.4 Å². The molecule has 2 amide bonds. The van der Waals surface area contributed by atoms with Crippen LogP contribution in [0.3, 0.4) is 0 Å². The Kier molecular flexibility index (Phi) is 7.80. The van der Waals surface area contributed by atoms with Crippen molar-refractivity contribution in [1.82, 2.24) is 10.2 Å². The smallest absolute Gasteiger partial charge is 0.242 e. The van der Waals surface area contributed by atoms with E-state index in [0.717, 1.165) is 22.4 Å². The van der Waals surface area contributed by atoms with Crippen LogP contribution in [0.25, 0.3) is 0 Å². The number of ether oxygens (including phenoxy) is 2. The van der Waals surface area contributed by atoms with Crippen molar-refractivity contribution >= 4 is 34.4 Å². The highest BCUT2D eigenvalue weighted by Crippen LogP contribution is 2.33. The summed E-state index contributed by atoms with van der Waals surface area (Å²) in [5, 5.41) is 2.74. The molecule has 1 saturated heterocycles. The summed E-state index contributed by atoms with van der Waals surface area (Å²) in [6.07, 6.45) is 0.740. The van der Waals surface area contributed by atoms with Crippen LogP contribution >= 0.6 is 11.8 Å². The number of rotatable bonds is 8. The third-order valence-electron chi connectivity index (χ3n) is 5.31. The summed E-state index contributed by atoms with van der Waals surface area (Å²) in [5.41, 5.74) is 4.04. The van der Waals surface area contributed by atoms with Gasteiger partial charge in [0, 0.05) is 20.0 Å². The summed E-state index contributed by atoms with van der Waals surface area (Å²) in [4.78, 5) is 31.6. The van der Waals surface area contributed by atoms with E-state index in [9.17, 15) is 9.59 Å². The standard InChI is InChI=1S/C24H29N3O4S/c1-15-6-8-18(16(2)12-15)26-24-27(23(29)21(32-24)14-22(28)25-3)11-10-17-7-9-19(30-4)20(13-17)31-5/h6-9,12-13,21H,10-11,14H2,1-5H3,(H,25,28). The van der Waals surface area contributed by atoms with Crippen LogP contribution in [0.1, 0.15) is 23.1 Å². The van der Waals surface area contributed by atoms with Crippen LogP contribution in [0.5, 0.6) is 11.5 Å². The van der Waals surface area contributed by atoms with Crippen LogP contribution in [0, 0.1) is 13.8 Å². The Labute approximate surface area is 193 Å². The van der Waals surface area contributed by atoms with Gasteiger partial charge in [-0.2, -0.15) is 0 Å². The molecule has 2 aromatic carbocycles. The largest absolute Gasteiger partial charge is 0.493 e. The van der Waals surface area contributed by atoms with Gasteiger partial charge < -0.3 is 14.8 Å². The van der Waals surface area contributed by atoms with Gasteiger partial charge >= 0.3 is 0 Å². The Bertz CT molecular complexity index is 1040. The molecular formula is C24H29N3O4S. The fraction of sp³-hybridized carbons (Fsp3) is 0.375. The molecule has 0 radical (unpaired) electrons. The number of amidine groups is 1. The van der Waals surface area contributed by atoms with Crippen molar-refractivity contribution in [2.75, 3.05) is 27.8 Å². The Morgan fingerprint density at radius 3 is 2.53 bits per heavy atom. The second-order valence-electron chi connectivity index (χ2n) is 7.60. The van der Waals surface area contributed by atoms with Crippen LogP contribution in [0.15, 0.2) is 41.4 Å². The minimum absolute atomic E-state index is 0.0948. The number of hydrogen-bond acceptors (Lipinski definition) is 6. The number of methoxy groups -OCH3 is 2. The number of aryl methyl sites for hydroxylation is 2. The van der Waals surface area contributed by atoms with Crippen molar-refractivity contribution in [1.29, 1.82) is 0 Å². The number of hydrogen-bond donors (Lipinski definition) is 1. The molecule has 170 valence electrons. The maximum absolute atomic E-state index is 13.1. The molecule has 1 aliphatic rings. The first-order chi connectivity index (χ1) is 15.4. The van der Waals surface area contributed by atoms with E-state index < -0.39 is 5.25 Å². The average molecular weight is 456 g/mol. The van der Waals surface area contributed by atoms with Gasteiger partial charge in [-0.25, -0.2) is 4.99 Å². The molecule has 7 nitrogen and oxygen atoms in total. The van der Waals surface area contributed by atoms with Gasteiger partial charge in [0.25, 0.3) is 0 Å².